The predicted molar refractivity (Wildman–Crippen MR) is 140 cm³/mol. The third-order valence-electron chi connectivity index (χ3n) is 5.04. The molecule has 1 heterocycles. The van der Waals surface area contributed by atoms with Gasteiger partial charge in [-0.3, -0.25) is 14.3 Å². The number of para-hydroxylation sites is 1. The Morgan fingerprint density at radius 2 is 1.92 bits per heavy atom. The van der Waals surface area contributed by atoms with E-state index in [1.165, 1.54) is 0 Å². The zero-order chi connectivity index (χ0) is 26.9. The normalized spacial score (nSPS) is 10.9. The molecule has 198 valence electrons. The molecule has 0 radical (unpaired) electrons. The Morgan fingerprint density at radius 1 is 1.14 bits per heavy atom. The van der Waals surface area contributed by atoms with Gasteiger partial charge in [0.2, 0.25) is 5.88 Å². The molecule has 3 aromatic rings. The molecule has 2 aromatic carbocycles. The number of carbonyl (C=O) groups is 2. The number of hydrogen-bond acceptors (Lipinski definition) is 6. The monoisotopic (exact) mass is 549 g/mol. The van der Waals surface area contributed by atoms with E-state index in [2.05, 4.69) is 10.4 Å². The van der Waals surface area contributed by atoms with Crippen LogP contribution in [0.1, 0.15) is 42.3 Å². The quantitative estimate of drug-likeness (QED) is 0.308. The number of carboxylic acids is 1. The third kappa shape index (κ3) is 8.03. The van der Waals surface area contributed by atoms with Gasteiger partial charge in [-0.15, -0.1) is 5.10 Å². The summed E-state index contributed by atoms with van der Waals surface area (Å²) in [6.45, 7) is 6.55. The molecule has 0 saturated heterocycles. The Balaban J connectivity index is 1.72. The van der Waals surface area contributed by atoms with Crippen molar-refractivity contribution in [2.45, 2.75) is 46.4 Å². The molecule has 0 bridgehead atoms. The second kappa shape index (κ2) is 13.2. The highest BCUT2D eigenvalue weighted by atomic mass is 35.5. The van der Waals surface area contributed by atoms with Crippen LogP contribution >= 0.6 is 23.2 Å². The number of amides is 1. The minimum Gasteiger partial charge on any atom is -0.490 e. The molecule has 1 amide bonds. The van der Waals surface area contributed by atoms with Gasteiger partial charge in [0.15, 0.2) is 11.5 Å². The highest BCUT2D eigenvalue weighted by Crippen LogP contribution is 2.32. The van der Waals surface area contributed by atoms with Crippen LogP contribution in [0.25, 0.3) is 0 Å². The van der Waals surface area contributed by atoms with Crippen molar-refractivity contribution in [2.75, 3.05) is 13.2 Å². The van der Waals surface area contributed by atoms with Crippen molar-refractivity contribution in [3.63, 3.8) is 0 Å². The Labute approximate surface area is 225 Å². The summed E-state index contributed by atoms with van der Waals surface area (Å²) in [5, 5.41) is 17.4. The summed E-state index contributed by atoms with van der Waals surface area (Å²) in [6, 6.07) is 10.2. The molecule has 0 unspecified atom stereocenters. The first-order valence-corrected chi connectivity index (χ1v) is 12.5. The van der Waals surface area contributed by atoms with Crippen molar-refractivity contribution in [3.8, 4) is 17.4 Å². The van der Waals surface area contributed by atoms with E-state index in [-0.39, 0.29) is 49.6 Å². The molecule has 11 heteroatoms. The number of aromatic nitrogens is 2. The summed E-state index contributed by atoms with van der Waals surface area (Å²) in [5.74, 6) is -0.325. The van der Waals surface area contributed by atoms with E-state index in [9.17, 15) is 14.7 Å². The van der Waals surface area contributed by atoms with Crippen LogP contribution < -0.4 is 19.5 Å². The largest absolute Gasteiger partial charge is 0.490 e. The molecule has 37 heavy (non-hydrogen) atoms. The van der Waals surface area contributed by atoms with Gasteiger partial charge in [0, 0.05) is 28.4 Å². The number of carboxylic acid groups (broad SMARTS) is 1. The summed E-state index contributed by atoms with van der Waals surface area (Å²) < 4.78 is 18.8. The van der Waals surface area contributed by atoms with Crippen LogP contribution in [0.3, 0.4) is 0 Å². The van der Waals surface area contributed by atoms with Gasteiger partial charge in [0.25, 0.3) is 5.91 Å². The maximum atomic E-state index is 13.0. The number of aliphatic carboxylic acids is 1. The van der Waals surface area contributed by atoms with Gasteiger partial charge in [-0.25, -0.2) is 0 Å². The van der Waals surface area contributed by atoms with Crippen molar-refractivity contribution >= 4 is 35.1 Å². The van der Waals surface area contributed by atoms with Gasteiger partial charge >= 0.3 is 5.97 Å². The zero-order valence-corrected chi connectivity index (χ0v) is 22.3. The van der Waals surface area contributed by atoms with Crippen LogP contribution in [-0.4, -0.2) is 46.1 Å². The van der Waals surface area contributed by atoms with E-state index in [1.807, 2.05) is 20.8 Å². The molecule has 0 aliphatic rings. The van der Waals surface area contributed by atoms with Crippen LogP contribution in [-0.2, 0) is 24.3 Å². The molecule has 3 rings (SSSR count). The highest BCUT2D eigenvalue weighted by molar-refractivity contribution is 6.35. The van der Waals surface area contributed by atoms with Gasteiger partial charge in [-0.05, 0) is 44.5 Å². The van der Waals surface area contributed by atoms with Crippen LogP contribution in [0.2, 0.25) is 10.0 Å². The number of hydrogen-bond donors (Lipinski definition) is 2. The average molecular weight is 550 g/mol. The summed E-state index contributed by atoms with van der Waals surface area (Å²) in [5.41, 5.74) is 1.49. The van der Waals surface area contributed by atoms with Crippen molar-refractivity contribution < 1.29 is 28.9 Å². The Hall–Kier alpha value is -3.43. The lowest BCUT2D eigenvalue weighted by Gasteiger charge is -2.15. The minimum atomic E-state index is -0.975. The van der Waals surface area contributed by atoms with E-state index >= 15 is 0 Å². The smallest absolute Gasteiger partial charge is 0.307 e. The lowest BCUT2D eigenvalue weighted by atomic mass is 10.1. The predicted octanol–water partition coefficient (Wildman–Crippen LogP) is 5.01. The van der Waals surface area contributed by atoms with Crippen LogP contribution in [0, 0.1) is 0 Å². The standard InChI is InChI=1S/C26H29Cl2N3O6/c1-4-35-22-7-5-6-17(12-23(32)33)24(22)36-11-10-31-15-20(26(30-31)37-16(2)3)25(34)29-14-18-8-9-19(27)13-21(18)28/h5-9,13,15-16H,4,10-12,14H2,1-3H3,(H,29,34)(H,32,33). The summed E-state index contributed by atoms with van der Waals surface area (Å²) in [6.07, 6.45) is 1.17. The van der Waals surface area contributed by atoms with E-state index in [0.29, 0.717) is 33.7 Å². The fourth-order valence-electron chi connectivity index (χ4n) is 3.46. The van der Waals surface area contributed by atoms with E-state index in [0.717, 1.165) is 5.56 Å². The van der Waals surface area contributed by atoms with Crippen molar-refractivity contribution in [2.24, 2.45) is 0 Å². The van der Waals surface area contributed by atoms with E-state index in [4.69, 9.17) is 37.4 Å². The van der Waals surface area contributed by atoms with Gasteiger partial charge in [-0.1, -0.05) is 41.4 Å². The fourth-order valence-corrected chi connectivity index (χ4v) is 3.93. The molecule has 0 aliphatic heterocycles. The van der Waals surface area contributed by atoms with Gasteiger partial charge in [0.1, 0.15) is 12.2 Å². The number of benzene rings is 2. The zero-order valence-electron chi connectivity index (χ0n) is 20.8. The molecule has 1 aromatic heterocycles. The summed E-state index contributed by atoms with van der Waals surface area (Å²) >= 11 is 12.1. The van der Waals surface area contributed by atoms with Crippen LogP contribution in [0.15, 0.2) is 42.6 Å². The van der Waals surface area contributed by atoms with Crippen molar-refractivity contribution in [1.29, 1.82) is 0 Å². The molecule has 0 saturated carbocycles. The number of nitrogens with one attached hydrogen (secondary N) is 1. The van der Waals surface area contributed by atoms with Gasteiger partial charge < -0.3 is 24.6 Å². The van der Waals surface area contributed by atoms with Crippen molar-refractivity contribution in [3.05, 3.63) is 69.3 Å². The summed E-state index contributed by atoms with van der Waals surface area (Å²) in [4.78, 5) is 24.2. The second-order valence-corrected chi connectivity index (χ2v) is 9.14. The Morgan fingerprint density at radius 3 is 2.59 bits per heavy atom. The number of ether oxygens (including phenoxy) is 3. The third-order valence-corrected chi connectivity index (χ3v) is 5.63. The fraction of sp³-hybridized carbons (Fsp3) is 0.346. The number of carbonyl (C=O) groups excluding carboxylic acids is 1. The molecule has 0 fully saturated rings. The molecule has 0 aliphatic carbocycles. The Kier molecular flexibility index (Phi) is 10.0. The van der Waals surface area contributed by atoms with Gasteiger partial charge in [0.05, 0.1) is 25.7 Å². The lowest BCUT2D eigenvalue weighted by Crippen LogP contribution is -2.23. The van der Waals surface area contributed by atoms with Gasteiger partial charge in [-0.2, -0.15) is 0 Å². The maximum absolute atomic E-state index is 13.0. The number of nitrogens with zero attached hydrogens (tertiary/aromatic N) is 2. The second-order valence-electron chi connectivity index (χ2n) is 8.29. The van der Waals surface area contributed by atoms with Crippen molar-refractivity contribution in [1.82, 2.24) is 15.1 Å². The lowest BCUT2D eigenvalue weighted by molar-refractivity contribution is -0.136. The highest BCUT2D eigenvalue weighted by Gasteiger charge is 2.20. The first kappa shape index (κ1) is 28.1. The maximum Gasteiger partial charge on any atom is 0.307 e. The van der Waals surface area contributed by atoms with Crippen LogP contribution in [0.5, 0.6) is 17.4 Å². The first-order valence-electron chi connectivity index (χ1n) is 11.7. The molecular formula is C26H29Cl2N3O6. The Bertz CT molecular complexity index is 1250. The average Bonchev–Trinajstić information content (AvgIpc) is 3.21. The topological polar surface area (TPSA) is 112 Å². The first-order chi connectivity index (χ1) is 17.7. The number of halogens is 2. The van der Waals surface area contributed by atoms with E-state index in [1.54, 1.807) is 47.3 Å². The molecular weight excluding hydrogens is 521 g/mol. The minimum absolute atomic E-state index is 0.154. The molecule has 0 spiro atoms. The summed E-state index contributed by atoms with van der Waals surface area (Å²) in [7, 11) is 0. The van der Waals surface area contributed by atoms with E-state index < -0.39 is 5.97 Å². The molecule has 0 atom stereocenters. The number of rotatable bonds is 13. The SMILES string of the molecule is CCOc1cccc(CC(=O)O)c1OCCn1cc(C(=O)NCc2ccc(Cl)cc2Cl)c(OC(C)C)n1. The molecule has 9 nitrogen and oxygen atoms in total. The molecule has 2 N–H and O–H groups in total. The van der Waals surface area contributed by atoms with Crippen LogP contribution in [0.4, 0.5) is 0 Å².